The first-order valence-corrected chi connectivity index (χ1v) is 17.7. The van der Waals surface area contributed by atoms with Gasteiger partial charge in [0.2, 0.25) is 0 Å². The van der Waals surface area contributed by atoms with Crippen LogP contribution in [0.3, 0.4) is 0 Å². The molecule has 0 aliphatic rings. The van der Waals surface area contributed by atoms with Crippen LogP contribution in [0.15, 0.2) is 0 Å². The maximum absolute atomic E-state index is 11.9. The number of aliphatic carboxylic acids is 1. The summed E-state index contributed by atoms with van der Waals surface area (Å²) in [4.78, 5) is 11.9. The summed E-state index contributed by atoms with van der Waals surface area (Å²) in [6.45, 7) is 17.3. The predicted octanol–water partition coefficient (Wildman–Crippen LogP) is 13.2. The molecule has 0 radical (unpaired) electrons. The highest BCUT2D eigenvalue weighted by Gasteiger charge is 2.53. The maximum atomic E-state index is 11.9. The van der Waals surface area contributed by atoms with Gasteiger partial charge in [-0.1, -0.05) is 196 Å². The molecule has 0 heterocycles. The first-order chi connectivity index (χ1) is 18.4. The summed E-state index contributed by atoms with van der Waals surface area (Å²) in [5.41, 5.74) is -1.04. The molecular formula is C37H74O2. The van der Waals surface area contributed by atoms with E-state index in [1.807, 2.05) is 13.8 Å². The lowest BCUT2D eigenvalue weighted by Crippen LogP contribution is -2.51. The van der Waals surface area contributed by atoms with Gasteiger partial charge in [0.1, 0.15) is 0 Å². The van der Waals surface area contributed by atoms with E-state index in [-0.39, 0.29) is 10.8 Å². The van der Waals surface area contributed by atoms with Gasteiger partial charge in [0, 0.05) is 0 Å². The quantitative estimate of drug-likeness (QED) is 0.0983. The second-order valence-electron chi connectivity index (χ2n) is 14.7. The fourth-order valence-corrected chi connectivity index (χ4v) is 6.29. The van der Waals surface area contributed by atoms with Crippen molar-refractivity contribution in [2.75, 3.05) is 0 Å². The summed E-state index contributed by atoms with van der Waals surface area (Å²) < 4.78 is 0. The van der Waals surface area contributed by atoms with Crippen molar-refractivity contribution < 1.29 is 9.90 Å². The van der Waals surface area contributed by atoms with Crippen molar-refractivity contribution in [2.45, 2.75) is 209 Å². The minimum atomic E-state index is -0.739. The normalized spacial score (nSPS) is 13.6. The van der Waals surface area contributed by atoms with Crippen LogP contribution < -0.4 is 0 Å². The van der Waals surface area contributed by atoms with Crippen LogP contribution in [0.1, 0.15) is 209 Å². The fraction of sp³-hybridized carbons (Fsp3) is 0.973. The molecule has 0 aromatic carbocycles. The third-order valence-electron chi connectivity index (χ3n) is 11.2. The summed E-state index contributed by atoms with van der Waals surface area (Å²) in [5, 5.41) is 9.79. The van der Waals surface area contributed by atoms with Gasteiger partial charge in [0.25, 0.3) is 0 Å². The first-order valence-electron chi connectivity index (χ1n) is 17.7. The van der Waals surface area contributed by atoms with Gasteiger partial charge in [-0.3, -0.25) is 4.79 Å². The van der Waals surface area contributed by atoms with E-state index >= 15 is 0 Å². The zero-order valence-corrected chi connectivity index (χ0v) is 28.4. The van der Waals surface area contributed by atoms with Crippen LogP contribution in [0, 0.1) is 22.2 Å². The maximum Gasteiger partial charge on any atom is 0.309 e. The molecular weight excluding hydrogens is 476 g/mol. The highest BCUT2D eigenvalue weighted by atomic mass is 16.4. The van der Waals surface area contributed by atoms with Crippen LogP contribution in [0.4, 0.5) is 0 Å². The number of unbranched alkanes of at least 4 members (excludes halogenated alkanes) is 22. The van der Waals surface area contributed by atoms with Crippen molar-refractivity contribution in [2.24, 2.45) is 22.2 Å². The van der Waals surface area contributed by atoms with Crippen LogP contribution >= 0.6 is 0 Å². The second kappa shape index (κ2) is 22.1. The number of carbonyl (C=O) groups is 1. The summed E-state index contributed by atoms with van der Waals surface area (Å²) in [5.74, 6) is -0.173. The summed E-state index contributed by atoms with van der Waals surface area (Å²) in [6.07, 6.45) is 34.0. The van der Waals surface area contributed by atoms with Crippen molar-refractivity contribution in [3.63, 3.8) is 0 Å². The summed E-state index contributed by atoms with van der Waals surface area (Å²) in [7, 11) is 0. The number of carboxylic acids is 1. The Morgan fingerprint density at radius 1 is 0.513 bits per heavy atom. The molecule has 2 heteroatoms. The van der Waals surface area contributed by atoms with E-state index in [0.717, 1.165) is 0 Å². The molecule has 0 fully saturated rings. The lowest BCUT2D eigenvalue weighted by atomic mass is 9.51. The molecule has 0 saturated heterocycles. The molecule has 0 aromatic rings. The molecule has 0 rings (SSSR count). The van der Waals surface area contributed by atoms with Crippen LogP contribution in [0.5, 0.6) is 0 Å². The number of hydrogen-bond donors (Lipinski definition) is 1. The minimum absolute atomic E-state index is 0.0260. The number of carboxylic acid groups (broad SMARTS) is 1. The number of rotatable bonds is 28. The zero-order valence-electron chi connectivity index (χ0n) is 28.4. The molecule has 0 bridgehead atoms. The zero-order chi connectivity index (χ0) is 29.6. The molecule has 0 aliphatic carbocycles. The van der Waals surface area contributed by atoms with Gasteiger partial charge in [-0.15, -0.1) is 0 Å². The summed E-state index contributed by atoms with van der Waals surface area (Å²) in [6, 6.07) is 0. The topological polar surface area (TPSA) is 37.3 Å². The van der Waals surface area contributed by atoms with E-state index < -0.39 is 11.4 Å². The third kappa shape index (κ3) is 15.9. The minimum Gasteiger partial charge on any atom is -0.481 e. The van der Waals surface area contributed by atoms with Crippen LogP contribution in [0.2, 0.25) is 0 Å². The number of hydrogen-bond acceptors (Lipinski definition) is 1. The molecule has 39 heavy (non-hydrogen) atoms. The van der Waals surface area contributed by atoms with Gasteiger partial charge in [-0.05, 0) is 30.6 Å². The van der Waals surface area contributed by atoms with E-state index in [4.69, 9.17) is 0 Å². The molecule has 234 valence electrons. The van der Waals surface area contributed by atoms with Gasteiger partial charge in [-0.2, -0.15) is 0 Å². The molecule has 1 unspecified atom stereocenters. The van der Waals surface area contributed by atoms with Gasteiger partial charge in [0.05, 0.1) is 5.41 Å². The molecule has 1 atom stereocenters. The van der Waals surface area contributed by atoms with Crippen LogP contribution in [-0.4, -0.2) is 11.1 Å². The Hall–Kier alpha value is -0.530. The van der Waals surface area contributed by atoms with Gasteiger partial charge in [0.15, 0.2) is 0 Å². The van der Waals surface area contributed by atoms with Gasteiger partial charge < -0.3 is 5.11 Å². The standard InChI is InChI=1S/C37H74O2/c1-9-10-11-12-13-14-15-16-17-18-19-20-21-22-23-24-25-26-27-28-29-30-31-32-33(2)35(3,4)37(7,8)36(5,6)34(38)39/h33H,9-32H2,1-8H3,(H,38,39). The largest absolute Gasteiger partial charge is 0.481 e. The van der Waals surface area contributed by atoms with E-state index in [0.29, 0.717) is 5.92 Å². The third-order valence-corrected chi connectivity index (χ3v) is 11.2. The Kier molecular flexibility index (Phi) is 21.8. The highest BCUT2D eigenvalue weighted by Crippen LogP contribution is 2.55. The van der Waals surface area contributed by atoms with Crippen molar-refractivity contribution in [3.8, 4) is 0 Å². The lowest BCUT2D eigenvalue weighted by molar-refractivity contribution is -0.163. The van der Waals surface area contributed by atoms with Gasteiger partial charge in [-0.25, -0.2) is 0 Å². The molecule has 0 amide bonds. The van der Waals surface area contributed by atoms with Crippen LogP contribution in [-0.2, 0) is 4.79 Å². The molecule has 0 aromatic heterocycles. The predicted molar refractivity (Wildman–Crippen MR) is 175 cm³/mol. The molecule has 1 N–H and O–H groups in total. The first kappa shape index (κ1) is 38.5. The lowest BCUT2D eigenvalue weighted by Gasteiger charge is -2.53. The van der Waals surface area contributed by atoms with E-state index in [1.54, 1.807) is 0 Å². The molecule has 0 aliphatic heterocycles. The Morgan fingerprint density at radius 2 is 0.769 bits per heavy atom. The molecule has 2 nitrogen and oxygen atoms in total. The van der Waals surface area contributed by atoms with Crippen molar-refractivity contribution in [1.29, 1.82) is 0 Å². The Morgan fingerprint density at radius 3 is 1.03 bits per heavy atom. The Labute approximate surface area is 247 Å². The van der Waals surface area contributed by atoms with E-state index in [2.05, 4.69) is 41.5 Å². The monoisotopic (exact) mass is 551 g/mol. The SMILES string of the molecule is CCCCCCCCCCCCCCCCCCCCCCCCCC(C)C(C)(C)C(C)(C)C(C)(C)C(=O)O. The highest BCUT2D eigenvalue weighted by molar-refractivity contribution is 5.74. The second-order valence-corrected chi connectivity index (χ2v) is 14.7. The molecule has 0 saturated carbocycles. The fourth-order valence-electron chi connectivity index (χ4n) is 6.29. The van der Waals surface area contributed by atoms with Crippen molar-refractivity contribution >= 4 is 5.97 Å². The van der Waals surface area contributed by atoms with Crippen molar-refractivity contribution in [1.82, 2.24) is 0 Å². The average Bonchev–Trinajstić information content (AvgIpc) is 2.88. The average molecular weight is 551 g/mol. The van der Waals surface area contributed by atoms with Crippen LogP contribution in [0.25, 0.3) is 0 Å². The summed E-state index contributed by atoms with van der Waals surface area (Å²) >= 11 is 0. The molecule has 0 spiro atoms. The van der Waals surface area contributed by atoms with Gasteiger partial charge >= 0.3 is 5.97 Å². The smallest absolute Gasteiger partial charge is 0.309 e. The van der Waals surface area contributed by atoms with E-state index in [9.17, 15) is 9.90 Å². The Balaban J connectivity index is 3.55. The van der Waals surface area contributed by atoms with E-state index in [1.165, 1.54) is 154 Å². The Bertz CT molecular complexity index is 574. The van der Waals surface area contributed by atoms with Crippen molar-refractivity contribution in [3.05, 3.63) is 0 Å².